The van der Waals surface area contributed by atoms with E-state index >= 15 is 0 Å². The van der Waals surface area contributed by atoms with Gasteiger partial charge in [-0.15, -0.1) is 0 Å². The van der Waals surface area contributed by atoms with Gasteiger partial charge >= 0.3 is 0 Å². The van der Waals surface area contributed by atoms with Crippen LogP contribution in [0.2, 0.25) is 0 Å². The van der Waals surface area contributed by atoms with Crippen molar-refractivity contribution in [3.8, 4) is 0 Å². The highest BCUT2D eigenvalue weighted by Gasteiger charge is 2.15. The molecule has 0 aliphatic rings. The van der Waals surface area contributed by atoms with Gasteiger partial charge in [-0.1, -0.05) is 35.2 Å². The van der Waals surface area contributed by atoms with Crippen molar-refractivity contribution >= 4 is 70.5 Å². The van der Waals surface area contributed by atoms with E-state index in [0.717, 1.165) is 43.9 Å². The average Bonchev–Trinajstić information content (AvgIpc) is 3.02. The summed E-state index contributed by atoms with van der Waals surface area (Å²) in [6.45, 7) is 0. The molecule has 3 aromatic carbocycles. The first kappa shape index (κ1) is 12.0. The van der Waals surface area contributed by atoms with Crippen LogP contribution in [-0.2, 0) is 0 Å². The maximum atomic E-state index is 6.04. The Hall–Kier alpha value is -2.61. The minimum absolute atomic E-state index is 0.913. The van der Waals surface area contributed by atoms with Crippen molar-refractivity contribution in [2.45, 2.75) is 0 Å². The molecule has 0 atom stereocenters. The molecule has 0 saturated heterocycles. The predicted octanol–water partition coefficient (Wildman–Crippen LogP) is 2.00. The lowest BCUT2D eigenvalue weighted by atomic mass is 9.94. The Morgan fingerprint density at radius 1 is 0.545 bits per heavy atom. The second-order valence-corrected chi connectivity index (χ2v) is 6.02. The molecule has 0 fully saturated rings. The molecule has 2 nitrogen and oxygen atoms in total. The lowest BCUT2D eigenvalue weighted by Gasteiger charge is -1.95. The van der Waals surface area contributed by atoms with Crippen molar-refractivity contribution in [2.75, 3.05) is 0 Å². The lowest BCUT2D eigenvalue weighted by molar-refractivity contribution is 0.663. The Morgan fingerprint density at radius 2 is 1.00 bits per heavy atom. The number of rotatable bonds is 0. The van der Waals surface area contributed by atoms with E-state index < -0.39 is 0 Å². The fraction of sp³-hybridized carbons (Fsp3) is 0. The Balaban J connectivity index is 2.10. The lowest BCUT2D eigenvalue weighted by Crippen LogP contribution is -1.98. The van der Waals surface area contributed by atoms with E-state index in [2.05, 4.69) is 52.1 Å². The number of hydrogen-bond donors (Lipinski definition) is 0. The van der Waals surface area contributed by atoms with E-state index in [-0.39, 0.29) is 0 Å². The predicted molar refractivity (Wildman–Crippen MR) is 97.4 cm³/mol. The summed E-state index contributed by atoms with van der Waals surface area (Å²) >= 11 is 0. The molecule has 5 rings (SSSR count). The Kier molecular flexibility index (Phi) is 2.17. The van der Waals surface area contributed by atoms with E-state index in [1.807, 2.05) is 12.1 Å². The van der Waals surface area contributed by atoms with Gasteiger partial charge in [0.15, 0.2) is 0 Å². The molecule has 0 aliphatic heterocycles. The van der Waals surface area contributed by atoms with Gasteiger partial charge in [0.05, 0.1) is 0 Å². The minimum atomic E-state index is 0.913. The van der Waals surface area contributed by atoms with E-state index in [9.17, 15) is 0 Å². The van der Waals surface area contributed by atoms with Crippen molar-refractivity contribution in [1.82, 2.24) is 0 Å². The van der Waals surface area contributed by atoms with Crippen LogP contribution in [0.25, 0.3) is 43.9 Å². The van der Waals surface area contributed by atoms with Gasteiger partial charge in [0.25, 0.3) is 0 Å². The van der Waals surface area contributed by atoms with Crippen molar-refractivity contribution in [3.63, 3.8) is 0 Å². The molecule has 0 aliphatic carbocycles. The van der Waals surface area contributed by atoms with Crippen LogP contribution >= 0.6 is 0 Å². The Morgan fingerprint density at radius 3 is 1.45 bits per heavy atom. The monoisotopic (exact) mass is 282 g/mol. The van der Waals surface area contributed by atoms with E-state index in [0.29, 0.717) is 0 Å². The number of fused-ring (bicyclic) bond motifs is 7. The molecule has 0 N–H and O–H groups in total. The largest absolute Gasteiger partial charge is 0.456 e. The van der Waals surface area contributed by atoms with Crippen molar-refractivity contribution in [2.24, 2.45) is 0 Å². The SMILES string of the molecule is Bc1ccc2c(c1)oc1ccc3oc4cc(B)ccc4c3c12. The normalized spacial score (nSPS) is 12.0. The molecular formula is C18H12B2O2. The van der Waals surface area contributed by atoms with Crippen molar-refractivity contribution in [1.29, 1.82) is 0 Å². The van der Waals surface area contributed by atoms with Crippen LogP contribution in [0.15, 0.2) is 57.4 Å². The van der Waals surface area contributed by atoms with Crippen LogP contribution in [0.4, 0.5) is 0 Å². The third-order valence-corrected chi connectivity index (χ3v) is 4.38. The summed E-state index contributed by atoms with van der Waals surface area (Å²) in [6.07, 6.45) is 0. The average molecular weight is 282 g/mol. The van der Waals surface area contributed by atoms with Gasteiger partial charge in [-0.2, -0.15) is 0 Å². The van der Waals surface area contributed by atoms with Gasteiger partial charge in [0.1, 0.15) is 38.0 Å². The van der Waals surface area contributed by atoms with Crippen LogP contribution < -0.4 is 10.9 Å². The summed E-state index contributed by atoms with van der Waals surface area (Å²) in [5, 5.41) is 4.59. The first-order valence-corrected chi connectivity index (χ1v) is 7.45. The topological polar surface area (TPSA) is 26.3 Å². The van der Waals surface area contributed by atoms with E-state index in [1.165, 1.54) is 10.9 Å². The van der Waals surface area contributed by atoms with Gasteiger partial charge in [0, 0.05) is 21.5 Å². The molecule has 2 heterocycles. The molecule has 5 aromatic rings. The molecule has 102 valence electrons. The molecule has 22 heavy (non-hydrogen) atoms. The molecule has 4 heteroatoms. The highest BCUT2D eigenvalue weighted by Crippen LogP contribution is 2.39. The molecule has 0 bridgehead atoms. The second kappa shape index (κ2) is 3.98. The molecule has 0 amide bonds. The first-order valence-electron chi connectivity index (χ1n) is 7.45. The van der Waals surface area contributed by atoms with Gasteiger partial charge in [-0.3, -0.25) is 0 Å². The molecule has 0 radical (unpaired) electrons. The molecule has 0 unspecified atom stereocenters. The Labute approximate surface area is 128 Å². The number of hydrogen-bond acceptors (Lipinski definition) is 2. The van der Waals surface area contributed by atoms with Crippen molar-refractivity contribution < 1.29 is 8.83 Å². The van der Waals surface area contributed by atoms with E-state index in [1.54, 1.807) is 0 Å². The zero-order chi connectivity index (χ0) is 14.8. The van der Waals surface area contributed by atoms with Crippen LogP contribution in [0.1, 0.15) is 0 Å². The summed E-state index contributed by atoms with van der Waals surface area (Å²) in [7, 11) is 4.16. The molecule has 0 saturated carbocycles. The Bertz CT molecular complexity index is 1100. The van der Waals surface area contributed by atoms with Crippen LogP contribution in [-0.4, -0.2) is 15.7 Å². The third-order valence-electron chi connectivity index (χ3n) is 4.38. The first-order chi connectivity index (χ1) is 10.7. The summed E-state index contributed by atoms with van der Waals surface area (Å²) in [6, 6.07) is 16.7. The highest BCUT2D eigenvalue weighted by molar-refractivity contribution is 6.35. The van der Waals surface area contributed by atoms with Crippen molar-refractivity contribution in [3.05, 3.63) is 48.5 Å². The maximum absolute atomic E-state index is 6.04. The molecular weight excluding hydrogens is 270 g/mol. The van der Waals surface area contributed by atoms with Crippen LogP contribution in [0.5, 0.6) is 0 Å². The number of furan rings is 2. The van der Waals surface area contributed by atoms with E-state index in [4.69, 9.17) is 8.83 Å². The second-order valence-electron chi connectivity index (χ2n) is 6.02. The number of benzene rings is 3. The molecule has 2 aromatic heterocycles. The standard InChI is InChI=1S/C18H12B2O2/c19-9-1-3-11-15(7-9)21-13-5-6-14-18(17(11)13)12-4-2-10(20)8-16(12)22-14/h1-8H,19-20H2. The molecule has 0 spiro atoms. The van der Waals surface area contributed by atoms with Gasteiger partial charge in [0.2, 0.25) is 0 Å². The zero-order valence-corrected chi connectivity index (χ0v) is 12.4. The summed E-state index contributed by atoms with van der Waals surface area (Å²) in [4.78, 5) is 0. The smallest absolute Gasteiger partial charge is 0.139 e. The fourth-order valence-corrected chi connectivity index (χ4v) is 3.35. The van der Waals surface area contributed by atoms with Gasteiger partial charge in [-0.25, -0.2) is 0 Å². The highest BCUT2D eigenvalue weighted by atomic mass is 16.3. The summed E-state index contributed by atoms with van der Waals surface area (Å²) < 4.78 is 12.1. The van der Waals surface area contributed by atoms with Gasteiger partial charge in [-0.05, 0) is 24.3 Å². The zero-order valence-electron chi connectivity index (χ0n) is 12.4. The van der Waals surface area contributed by atoms with Gasteiger partial charge < -0.3 is 8.83 Å². The van der Waals surface area contributed by atoms with Crippen LogP contribution in [0.3, 0.4) is 0 Å². The fourth-order valence-electron chi connectivity index (χ4n) is 3.35. The minimum Gasteiger partial charge on any atom is -0.456 e. The third kappa shape index (κ3) is 1.47. The quantitative estimate of drug-likeness (QED) is 0.406. The summed E-state index contributed by atoms with van der Waals surface area (Å²) in [5.41, 5.74) is 6.10. The summed E-state index contributed by atoms with van der Waals surface area (Å²) in [5.74, 6) is 0. The maximum Gasteiger partial charge on any atom is 0.139 e. The van der Waals surface area contributed by atoms with Crippen LogP contribution in [0, 0.1) is 0 Å².